The largest absolute Gasteiger partial charge is 0.493 e. The number of hydrogen-bond acceptors (Lipinski definition) is 2. The van der Waals surface area contributed by atoms with Crippen molar-refractivity contribution in [3.8, 4) is 5.75 Å². The molecule has 1 aliphatic carbocycles. The Bertz CT molecular complexity index is 467. The molecule has 1 aliphatic heterocycles. The number of benzene rings is 1. The summed E-state index contributed by atoms with van der Waals surface area (Å²) in [6.07, 6.45) is 7.82. The zero-order valence-electron chi connectivity index (χ0n) is 13.6. The number of rotatable bonds is 7. The Hall–Kier alpha value is -1.02. The summed E-state index contributed by atoms with van der Waals surface area (Å²) in [4.78, 5) is 2.50. The van der Waals surface area contributed by atoms with Crippen molar-refractivity contribution in [2.45, 2.75) is 57.3 Å². The molecule has 0 N–H and O–H groups in total. The lowest BCUT2D eigenvalue weighted by Crippen LogP contribution is -2.24. The van der Waals surface area contributed by atoms with Crippen LogP contribution in [0.25, 0.3) is 0 Å². The van der Waals surface area contributed by atoms with Crippen molar-refractivity contribution in [2.24, 2.45) is 0 Å². The zero-order valence-corrected chi connectivity index (χ0v) is 13.6. The van der Waals surface area contributed by atoms with Crippen LogP contribution < -0.4 is 4.74 Å². The molecule has 2 heteroatoms. The van der Waals surface area contributed by atoms with Gasteiger partial charge in [0.2, 0.25) is 0 Å². The number of ether oxygens (including phenoxy) is 1. The SMILES string of the molecule is CCCCN(C)CCC1CCOc2cccc(C3CC3)c21. The van der Waals surface area contributed by atoms with Crippen LogP contribution in [0.2, 0.25) is 0 Å². The minimum absolute atomic E-state index is 0.703. The van der Waals surface area contributed by atoms with Crippen molar-refractivity contribution in [1.29, 1.82) is 0 Å². The minimum Gasteiger partial charge on any atom is -0.493 e. The Balaban J connectivity index is 1.68. The smallest absolute Gasteiger partial charge is 0.123 e. The molecule has 0 saturated heterocycles. The molecule has 1 fully saturated rings. The lowest BCUT2D eigenvalue weighted by atomic mass is 9.85. The highest BCUT2D eigenvalue weighted by atomic mass is 16.5. The molecule has 1 aromatic carbocycles. The van der Waals surface area contributed by atoms with Gasteiger partial charge in [0.1, 0.15) is 5.75 Å². The maximum absolute atomic E-state index is 5.93. The number of hydrogen-bond donors (Lipinski definition) is 0. The lowest BCUT2D eigenvalue weighted by molar-refractivity contribution is 0.245. The molecule has 2 aliphatic rings. The summed E-state index contributed by atoms with van der Waals surface area (Å²) < 4.78 is 5.93. The molecule has 0 radical (unpaired) electrons. The van der Waals surface area contributed by atoms with Crippen LogP contribution >= 0.6 is 0 Å². The van der Waals surface area contributed by atoms with Gasteiger partial charge in [-0.15, -0.1) is 0 Å². The van der Waals surface area contributed by atoms with E-state index in [-0.39, 0.29) is 0 Å². The molecular formula is C19H29NO. The van der Waals surface area contributed by atoms with Gasteiger partial charge < -0.3 is 9.64 Å². The predicted octanol–water partition coefficient (Wildman–Crippen LogP) is 4.55. The van der Waals surface area contributed by atoms with Crippen molar-refractivity contribution in [3.05, 3.63) is 29.3 Å². The van der Waals surface area contributed by atoms with Crippen LogP contribution in [0.3, 0.4) is 0 Å². The Morgan fingerprint density at radius 2 is 2.05 bits per heavy atom. The van der Waals surface area contributed by atoms with E-state index in [9.17, 15) is 0 Å². The van der Waals surface area contributed by atoms with Crippen LogP contribution in [0.4, 0.5) is 0 Å². The van der Waals surface area contributed by atoms with Crippen molar-refractivity contribution < 1.29 is 4.74 Å². The summed E-state index contributed by atoms with van der Waals surface area (Å²) in [5, 5.41) is 0. The van der Waals surface area contributed by atoms with Crippen LogP contribution in [-0.4, -0.2) is 31.6 Å². The first kappa shape index (κ1) is 14.9. The van der Waals surface area contributed by atoms with Crippen LogP contribution in [-0.2, 0) is 0 Å². The topological polar surface area (TPSA) is 12.5 Å². The van der Waals surface area contributed by atoms with E-state index < -0.39 is 0 Å². The second-order valence-electron chi connectivity index (χ2n) is 6.81. The quantitative estimate of drug-likeness (QED) is 0.729. The first-order valence-corrected chi connectivity index (χ1v) is 8.73. The molecule has 21 heavy (non-hydrogen) atoms. The maximum atomic E-state index is 5.93. The van der Waals surface area contributed by atoms with Gasteiger partial charge in [0, 0.05) is 5.56 Å². The van der Waals surface area contributed by atoms with Crippen LogP contribution in [0.5, 0.6) is 5.75 Å². The van der Waals surface area contributed by atoms with E-state index in [1.165, 1.54) is 57.4 Å². The van der Waals surface area contributed by atoms with E-state index in [0.717, 1.165) is 12.5 Å². The predicted molar refractivity (Wildman–Crippen MR) is 88.3 cm³/mol. The average Bonchev–Trinajstić information content (AvgIpc) is 3.35. The first-order chi connectivity index (χ1) is 10.3. The summed E-state index contributed by atoms with van der Waals surface area (Å²) in [6.45, 7) is 5.61. The molecule has 1 atom stereocenters. The van der Waals surface area contributed by atoms with Crippen molar-refractivity contribution in [1.82, 2.24) is 4.90 Å². The third-order valence-corrected chi connectivity index (χ3v) is 5.00. The molecule has 2 nitrogen and oxygen atoms in total. The van der Waals surface area contributed by atoms with Gasteiger partial charge in [-0.3, -0.25) is 0 Å². The second-order valence-corrected chi connectivity index (χ2v) is 6.81. The van der Waals surface area contributed by atoms with Gasteiger partial charge in [-0.2, -0.15) is 0 Å². The molecule has 1 saturated carbocycles. The fourth-order valence-electron chi connectivity index (χ4n) is 3.53. The van der Waals surface area contributed by atoms with Gasteiger partial charge in [-0.05, 0) is 75.7 Å². The zero-order chi connectivity index (χ0) is 14.7. The second kappa shape index (κ2) is 6.83. The molecule has 0 amide bonds. The number of nitrogens with zero attached hydrogens (tertiary/aromatic N) is 1. The summed E-state index contributed by atoms with van der Waals surface area (Å²) in [5.41, 5.74) is 3.14. The molecule has 0 bridgehead atoms. The molecule has 1 unspecified atom stereocenters. The van der Waals surface area contributed by atoms with Gasteiger partial charge in [0.05, 0.1) is 6.61 Å². The van der Waals surface area contributed by atoms with E-state index in [1.54, 1.807) is 11.1 Å². The van der Waals surface area contributed by atoms with Gasteiger partial charge in [-0.25, -0.2) is 0 Å². The highest BCUT2D eigenvalue weighted by Crippen LogP contribution is 2.48. The Kier molecular flexibility index (Phi) is 4.84. The van der Waals surface area contributed by atoms with Crippen LogP contribution in [0, 0.1) is 0 Å². The number of fused-ring (bicyclic) bond motifs is 1. The Labute approximate surface area is 129 Å². The van der Waals surface area contributed by atoms with E-state index in [2.05, 4.69) is 37.1 Å². The summed E-state index contributed by atoms with van der Waals surface area (Å²) in [5.74, 6) is 2.70. The van der Waals surface area contributed by atoms with Crippen molar-refractivity contribution in [3.63, 3.8) is 0 Å². The fraction of sp³-hybridized carbons (Fsp3) is 0.684. The highest BCUT2D eigenvalue weighted by molar-refractivity contribution is 5.47. The molecule has 116 valence electrons. The summed E-state index contributed by atoms with van der Waals surface area (Å²) in [6, 6.07) is 6.70. The van der Waals surface area contributed by atoms with E-state index in [1.807, 2.05) is 0 Å². The standard InChI is InChI=1S/C19H29NO/c1-3-4-12-20(2)13-10-16-11-14-21-18-7-5-6-17(19(16)18)15-8-9-15/h5-7,15-16H,3-4,8-14H2,1-2H3. The minimum atomic E-state index is 0.703. The van der Waals surface area contributed by atoms with Crippen LogP contribution in [0.15, 0.2) is 18.2 Å². The lowest BCUT2D eigenvalue weighted by Gasteiger charge is -2.30. The van der Waals surface area contributed by atoms with E-state index in [0.29, 0.717) is 5.92 Å². The van der Waals surface area contributed by atoms with E-state index in [4.69, 9.17) is 4.74 Å². The Morgan fingerprint density at radius 1 is 1.19 bits per heavy atom. The normalized spacial score (nSPS) is 21.2. The molecule has 0 spiro atoms. The van der Waals surface area contributed by atoms with Gasteiger partial charge in [0.15, 0.2) is 0 Å². The third kappa shape index (κ3) is 3.60. The molecule has 0 aromatic heterocycles. The third-order valence-electron chi connectivity index (χ3n) is 5.00. The fourth-order valence-corrected chi connectivity index (χ4v) is 3.53. The Morgan fingerprint density at radius 3 is 2.81 bits per heavy atom. The molecule has 1 heterocycles. The molecule has 1 aromatic rings. The van der Waals surface area contributed by atoms with Gasteiger partial charge in [0.25, 0.3) is 0 Å². The number of unbranched alkanes of at least 4 members (excludes halogenated alkanes) is 1. The summed E-state index contributed by atoms with van der Waals surface area (Å²) >= 11 is 0. The molecule has 3 rings (SSSR count). The van der Waals surface area contributed by atoms with Crippen LogP contribution in [0.1, 0.15) is 68.4 Å². The highest BCUT2D eigenvalue weighted by Gasteiger charge is 2.32. The average molecular weight is 287 g/mol. The maximum Gasteiger partial charge on any atom is 0.123 e. The van der Waals surface area contributed by atoms with Crippen molar-refractivity contribution in [2.75, 3.05) is 26.7 Å². The van der Waals surface area contributed by atoms with Gasteiger partial charge >= 0.3 is 0 Å². The monoisotopic (exact) mass is 287 g/mol. The van der Waals surface area contributed by atoms with Crippen molar-refractivity contribution >= 4 is 0 Å². The first-order valence-electron chi connectivity index (χ1n) is 8.73. The van der Waals surface area contributed by atoms with Gasteiger partial charge in [-0.1, -0.05) is 25.5 Å². The summed E-state index contributed by atoms with van der Waals surface area (Å²) in [7, 11) is 2.27. The molecular weight excluding hydrogens is 258 g/mol. The van der Waals surface area contributed by atoms with E-state index >= 15 is 0 Å².